The summed E-state index contributed by atoms with van der Waals surface area (Å²) in [6.07, 6.45) is 42.8. The van der Waals surface area contributed by atoms with E-state index in [1.165, 1.54) is 103 Å². The molecular weight excluding hydrogens is 1420 g/mol. The van der Waals surface area contributed by atoms with E-state index in [4.69, 9.17) is 28.4 Å². The number of nitrogens with zero attached hydrogens (tertiary/aromatic N) is 4. The molecule has 14 heteroatoms. The molecule has 0 unspecified atom stereocenters. The maximum absolute atomic E-state index is 12.9. The van der Waals surface area contributed by atoms with Crippen LogP contribution in [-0.2, 0) is 28.5 Å². The van der Waals surface area contributed by atoms with Crippen LogP contribution in [0.15, 0.2) is 141 Å². The number of azo groups is 2. The van der Waals surface area contributed by atoms with Crippen LogP contribution in [0.1, 0.15) is 322 Å². The van der Waals surface area contributed by atoms with Gasteiger partial charge in [-0.05, 0) is 331 Å². The first-order chi connectivity index (χ1) is 55.0. The van der Waals surface area contributed by atoms with Crippen LogP contribution in [0.3, 0.4) is 0 Å². The Hall–Kier alpha value is -6.96. The summed E-state index contributed by atoms with van der Waals surface area (Å²) in [4.78, 5) is 51.0. The molecule has 4 aromatic carbocycles. The van der Waals surface area contributed by atoms with Crippen molar-refractivity contribution < 1.29 is 47.6 Å². The molecule has 14 nitrogen and oxygen atoms in total. The van der Waals surface area contributed by atoms with Crippen molar-refractivity contribution in [1.29, 1.82) is 0 Å². The van der Waals surface area contributed by atoms with Crippen molar-refractivity contribution in [1.82, 2.24) is 0 Å². The Labute approximate surface area is 686 Å². The molecule has 0 bridgehead atoms. The third-order valence-electron chi connectivity index (χ3n) is 29.6. The molecule has 6 fully saturated rings. The average Bonchev–Trinajstić information content (AvgIpc) is 1.51. The first-order valence-electron chi connectivity index (χ1n) is 45.6. The van der Waals surface area contributed by atoms with Gasteiger partial charge in [-0.25, -0.2) is 9.59 Å². The number of hydrogen-bond donors (Lipinski definition) is 0. The number of carbonyl (C=O) groups is 4. The van der Waals surface area contributed by atoms with E-state index in [2.05, 4.69) is 116 Å². The van der Waals surface area contributed by atoms with Gasteiger partial charge in [0.25, 0.3) is 0 Å². The number of unbranched alkanes of at least 4 members (excludes halogenated alkanes) is 6. The van der Waals surface area contributed by atoms with Crippen LogP contribution < -0.4 is 9.47 Å². The number of allylic oxidation sites excluding steroid dienone is 2. The molecule has 0 saturated heterocycles. The smallest absolute Gasteiger partial charge is 0.338 e. The Balaban J connectivity index is 0.000000225. The van der Waals surface area contributed by atoms with Gasteiger partial charge in [-0.2, -0.15) is 20.5 Å². The molecule has 0 heterocycles. The number of rotatable bonds is 38. The lowest BCUT2D eigenvalue weighted by Crippen LogP contribution is -2.51. The molecule has 624 valence electrons. The highest BCUT2D eigenvalue weighted by Gasteiger charge is 2.61. The van der Waals surface area contributed by atoms with Crippen LogP contribution in [0.25, 0.3) is 0 Å². The Morgan fingerprint density at radius 1 is 0.395 bits per heavy atom. The van der Waals surface area contributed by atoms with Gasteiger partial charge in [-0.3, -0.25) is 9.59 Å². The lowest BCUT2D eigenvalue weighted by atomic mass is 9.47. The summed E-state index contributed by atoms with van der Waals surface area (Å²) in [5.74, 6) is 10.7. The van der Waals surface area contributed by atoms with Gasteiger partial charge in [-0.1, -0.05) is 158 Å². The summed E-state index contributed by atoms with van der Waals surface area (Å²) in [6, 6.07) is 28.9. The molecule has 8 aliphatic rings. The van der Waals surface area contributed by atoms with Crippen molar-refractivity contribution in [2.75, 3.05) is 26.4 Å². The lowest BCUT2D eigenvalue weighted by Gasteiger charge is -2.58. The van der Waals surface area contributed by atoms with Crippen LogP contribution in [0.2, 0.25) is 0 Å². The maximum Gasteiger partial charge on any atom is 0.338 e. The van der Waals surface area contributed by atoms with Crippen LogP contribution >= 0.6 is 0 Å². The van der Waals surface area contributed by atoms with Crippen molar-refractivity contribution in [2.24, 2.45) is 113 Å². The highest BCUT2D eigenvalue weighted by molar-refractivity contribution is 5.90. The molecule has 0 radical (unpaired) electrons. The number of fused-ring (bicyclic) bond motifs is 10. The topological polar surface area (TPSA) is 173 Å². The third kappa shape index (κ3) is 22.9. The van der Waals surface area contributed by atoms with Crippen molar-refractivity contribution in [3.63, 3.8) is 0 Å². The lowest BCUT2D eigenvalue weighted by molar-refractivity contribution is -0.152. The molecule has 8 aliphatic carbocycles. The SMILES string of the molecule is CCCCOc1ccc(N=Nc2ccc(C(=O)OCCCCCC(=O)O[C@H]3CC[C@@]4(C)C(=CC[C@H]5[C@@H]6CC[C@H]([C@H](C)CCCC(C)C)[C@@]6(C)CC[C@@H]54)C3)cc2)cc1.CCCCOc1ccc(N=Nc2ccc(C(=O)OCCCCCC(=O)O[C@H]3CC[C@@]4(C)C(=CC[C@H]5[C@@H]6CC[C@H]([C@H](C)CCCC(C)C)[C@@]6(C)CC[C@@H]54)C3)cc2)cc1. The van der Waals surface area contributed by atoms with Gasteiger partial charge in [0.15, 0.2) is 0 Å². The van der Waals surface area contributed by atoms with Gasteiger partial charge in [0.1, 0.15) is 23.7 Å². The first kappa shape index (κ1) is 87.9. The molecule has 0 aromatic heterocycles. The fourth-order valence-electron chi connectivity index (χ4n) is 23.0. The molecule has 0 aliphatic heterocycles. The highest BCUT2D eigenvalue weighted by Crippen LogP contribution is 2.69. The van der Waals surface area contributed by atoms with Crippen molar-refractivity contribution in [2.45, 2.75) is 314 Å². The molecule has 6 saturated carbocycles. The fourth-order valence-corrected chi connectivity index (χ4v) is 23.0. The van der Waals surface area contributed by atoms with E-state index in [1.807, 2.05) is 48.5 Å². The van der Waals surface area contributed by atoms with Crippen molar-refractivity contribution in [3.05, 3.63) is 131 Å². The second-order valence-electron chi connectivity index (χ2n) is 38.1. The van der Waals surface area contributed by atoms with Gasteiger partial charge in [0.05, 0.1) is 60.3 Å². The Kier molecular flexibility index (Phi) is 32.3. The average molecular weight is 1560 g/mol. The Bertz CT molecular complexity index is 3580. The minimum Gasteiger partial charge on any atom is -0.494 e. The van der Waals surface area contributed by atoms with E-state index in [0.29, 0.717) is 85.4 Å². The first-order valence-corrected chi connectivity index (χ1v) is 45.6. The van der Waals surface area contributed by atoms with E-state index in [-0.39, 0.29) is 46.9 Å². The van der Waals surface area contributed by atoms with Gasteiger partial charge in [0, 0.05) is 25.7 Å². The molecule has 16 atom stereocenters. The summed E-state index contributed by atoms with van der Waals surface area (Å²) >= 11 is 0. The summed E-state index contributed by atoms with van der Waals surface area (Å²) in [7, 11) is 0. The molecule has 0 amide bonds. The monoisotopic (exact) mass is 1560 g/mol. The van der Waals surface area contributed by atoms with Gasteiger partial charge >= 0.3 is 23.9 Å². The van der Waals surface area contributed by atoms with Crippen LogP contribution in [0.4, 0.5) is 22.7 Å². The van der Waals surface area contributed by atoms with Crippen molar-refractivity contribution >= 4 is 46.6 Å². The summed E-state index contributed by atoms with van der Waals surface area (Å²) in [5, 5.41) is 17.1. The summed E-state index contributed by atoms with van der Waals surface area (Å²) in [5.41, 5.74) is 8.40. The van der Waals surface area contributed by atoms with E-state index in [9.17, 15) is 19.2 Å². The zero-order valence-electron chi connectivity index (χ0n) is 72.2. The Morgan fingerprint density at radius 2 is 0.763 bits per heavy atom. The van der Waals surface area contributed by atoms with Crippen LogP contribution in [0.5, 0.6) is 11.5 Å². The predicted molar refractivity (Wildman–Crippen MR) is 458 cm³/mol. The third-order valence-corrected chi connectivity index (χ3v) is 29.6. The van der Waals surface area contributed by atoms with Gasteiger partial charge in [0.2, 0.25) is 0 Å². The van der Waals surface area contributed by atoms with Gasteiger partial charge < -0.3 is 28.4 Å². The second-order valence-corrected chi connectivity index (χ2v) is 38.1. The number of benzene rings is 4. The Morgan fingerprint density at radius 3 is 1.12 bits per heavy atom. The van der Waals surface area contributed by atoms with Gasteiger partial charge in [-0.15, -0.1) is 0 Å². The molecule has 4 aromatic rings. The van der Waals surface area contributed by atoms with Crippen LogP contribution in [0, 0.1) is 92.7 Å². The second kappa shape index (κ2) is 41.9. The summed E-state index contributed by atoms with van der Waals surface area (Å²) in [6.45, 7) is 31.4. The number of ether oxygens (including phenoxy) is 6. The molecular formula is C100H144N4O10. The number of carbonyl (C=O) groups excluding carboxylic acids is 4. The molecule has 0 spiro atoms. The standard InChI is InChI=1S/2C50H72N2O5/c2*1-7-8-32-55-41-23-21-40(22-24-41)52-51-39-19-16-37(17-20-39)48(54)56-33-11-9-10-15-47(53)57-42-28-30-49(5)38(34-42)18-25-43-45-27-26-44(36(4)14-12-13-35(2)3)50(45,6)31-29-46(43)49/h2*16-24,35-36,42-46H,7-15,25-34H2,1-6H3/t2*36-,42+,43+,44-,45+,46+,49+,50-/m11/s1. The molecule has 0 N–H and O–H groups in total. The highest BCUT2D eigenvalue weighted by atomic mass is 16.6. The van der Waals surface area contributed by atoms with E-state index >= 15 is 0 Å². The fraction of sp³-hybridized carbons (Fsp3) is 0.680. The number of esters is 4. The zero-order chi connectivity index (χ0) is 80.8. The van der Waals surface area contributed by atoms with Crippen LogP contribution in [-0.4, -0.2) is 62.5 Å². The minimum atomic E-state index is -0.360. The van der Waals surface area contributed by atoms with Crippen molar-refractivity contribution in [3.8, 4) is 11.5 Å². The summed E-state index contributed by atoms with van der Waals surface area (Å²) < 4.78 is 34.6. The minimum absolute atomic E-state index is 0.000326. The largest absolute Gasteiger partial charge is 0.494 e. The van der Waals surface area contributed by atoms with E-state index in [1.54, 1.807) is 59.7 Å². The van der Waals surface area contributed by atoms with E-state index < -0.39 is 0 Å². The van der Waals surface area contributed by atoms with E-state index in [0.717, 1.165) is 184 Å². The quantitative estimate of drug-likeness (QED) is 0.0138. The molecule has 12 rings (SSSR count). The zero-order valence-corrected chi connectivity index (χ0v) is 72.2. The molecule has 114 heavy (non-hydrogen) atoms. The maximum atomic E-state index is 12.9. The number of hydrogen-bond acceptors (Lipinski definition) is 14. The predicted octanol–water partition coefficient (Wildman–Crippen LogP) is 27.9. The normalized spacial score (nSPS) is 28.6.